The third kappa shape index (κ3) is 8.13. The van der Waals surface area contributed by atoms with E-state index in [0.717, 1.165) is 48.1 Å². The van der Waals surface area contributed by atoms with Crippen molar-refractivity contribution in [3.8, 4) is 11.1 Å². The minimum absolute atomic E-state index is 0.243. The number of aliphatic carboxylic acids is 1. The number of ether oxygens (including phenoxy) is 1. The Hall–Kier alpha value is -4.21. The number of anilines is 2. The second kappa shape index (κ2) is 13.5. The van der Waals surface area contributed by atoms with Gasteiger partial charge in [0.05, 0.1) is 31.6 Å². The zero-order valence-electron chi connectivity index (χ0n) is 22.4. The number of urea groups is 1. The molecule has 2 amide bonds. The van der Waals surface area contributed by atoms with Crippen LogP contribution in [0.1, 0.15) is 11.1 Å². The molecule has 204 valence electrons. The highest BCUT2D eigenvalue weighted by molar-refractivity contribution is 5.92. The predicted octanol–water partition coefficient (Wildman–Crippen LogP) is 3.96. The lowest BCUT2D eigenvalue weighted by Gasteiger charge is -2.28. The number of pyridine rings is 1. The van der Waals surface area contributed by atoms with E-state index in [1.165, 1.54) is 6.08 Å². The minimum atomic E-state index is -1.05. The van der Waals surface area contributed by atoms with E-state index in [1.807, 2.05) is 26.2 Å². The monoisotopic (exact) mass is 529 g/mol. The zero-order valence-corrected chi connectivity index (χ0v) is 22.4. The largest absolute Gasteiger partial charge is 0.478 e. The van der Waals surface area contributed by atoms with E-state index in [-0.39, 0.29) is 6.03 Å². The molecule has 0 bridgehead atoms. The fourth-order valence-corrected chi connectivity index (χ4v) is 4.31. The van der Waals surface area contributed by atoms with Crippen molar-refractivity contribution >= 4 is 29.5 Å². The van der Waals surface area contributed by atoms with Gasteiger partial charge in [-0.3, -0.25) is 14.8 Å². The maximum absolute atomic E-state index is 13.4. The van der Waals surface area contributed by atoms with Crippen molar-refractivity contribution in [1.82, 2.24) is 15.2 Å². The standard InChI is InChI=1S/C30H35N5O4/c1-33(2)27-10-8-26(9-11-27)25-6-3-23(4-7-25)22-35(28-19-24(20-31-21-28)5-12-29(36)37)30(38)32-13-14-34-15-17-39-18-16-34/h3-12,19-21H,13-18,22H2,1-2H3,(H,32,38)(H,36,37). The quantitative estimate of drug-likeness (QED) is 0.384. The highest BCUT2D eigenvalue weighted by Gasteiger charge is 2.18. The third-order valence-corrected chi connectivity index (χ3v) is 6.54. The van der Waals surface area contributed by atoms with E-state index in [0.29, 0.717) is 37.6 Å². The van der Waals surface area contributed by atoms with Crippen LogP contribution in [0, 0.1) is 0 Å². The summed E-state index contributed by atoms with van der Waals surface area (Å²) in [6.45, 7) is 4.69. The van der Waals surface area contributed by atoms with E-state index < -0.39 is 5.97 Å². The molecular weight excluding hydrogens is 494 g/mol. The second-order valence-corrected chi connectivity index (χ2v) is 9.56. The first kappa shape index (κ1) is 27.8. The van der Waals surface area contributed by atoms with Gasteiger partial charge in [0.15, 0.2) is 0 Å². The molecule has 2 heterocycles. The van der Waals surface area contributed by atoms with Crippen LogP contribution in [-0.2, 0) is 16.1 Å². The first-order valence-corrected chi connectivity index (χ1v) is 13.0. The Morgan fingerprint density at radius 3 is 2.31 bits per heavy atom. The van der Waals surface area contributed by atoms with Crippen LogP contribution in [-0.4, -0.2) is 80.5 Å². The SMILES string of the molecule is CN(C)c1ccc(-c2ccc(CN(C(=O)NCCN3CCOCC3)c3cncc(C=CC(=O)O)c3)cc2)cc1. The zero-order chi connectivity index (χ0) is 27.6. The lowest BCUT2D eigenvalue weighted by Crippen LogP contribution is -2.45. The van der Waals surface area contributed by atoms with E-state index in [1.54, 1.807) is 23.4 Å². The van der Waals surface area contributed by atoms with Gasteiger partial charge in [0.1, 0.15) is 0 Å². The molecule has 2 N–H and O–H groups in total. The molecule has 39 heavy (non-hydrogen) atoms. The van der Waals surface area contributed by atoms with E-state index in [2.05, 4.69) is 56.5 Å². The van der Waals surface area contributed by atoms with Crippen molar-refractivity contribution < 1.29 is 19.4 Å². The van der Waals surface area contributed by atoms with Crippen molar-refractivity contribution in [2.24, 2.45) is 0 Å². The first-order chi connectivity index (χ1) is 18.9. The van der Waals surface area contributed by atoms with Crippen molar-refractivity contribution in [2.45, 2.75) is 6.54 Å². The van der Waals surface area contributed by atoms with Gasteiger partial charge in [-0.1, -0.05) is 36.4 Å². The van der Waals surface area contributed by atoms with Gasteiger partial charge in [-0.25, -0.2) is 9.59 Å². The summed E-state index contributed by atoms with van der Waals surface area (Å²) in [5.41, 5.74) is 5.48. The molecule has 0 unspecified atom stereocenters. The molecule has 3 aromatic rings. The third-order valence-electron chi connectivity index (χ3n) is 6.54. The summed E-state index contributed by atoms with van der Waals surface area (Å²) < 4.78 is 5.40. The highest BCUT2D eigenvalue weighted by atomic mass is 16.5. The average molecular weight is 530 g/mol. The summed E-state index contributed by atoms with van der Waals surface area (Å²) in [7, 11) is 4.03. The maximum Gasteiger partial charge on any atom is 0.328 e. The number of morpholine rings is 1. The molecule has 0 radical (unpaired) electrons. The van der Waals surface area contributed by atoms with Crippen LogP contribution in [0.5, 0.6) is 0 Å². The molecule has 2 aromatic carbocycles. The van der Waals surface area contributed by atoms with Crippen LogP contribution in [0.3, 0.4) is 0 Å². The number of carboxylic acids is 1. The lowest BCUT2D eigenvalue weighted by atomic mass is 10.0. The molecule has 1 aromatic heterocycles. The molecule has 9 nitrogen and oxygen atoms in total. The Labute approximate surface area is 229 Å². The van der Waals surface area contributed by atoms with Gasteiger partial charge in [-0.05, 0) is 46.5 Å². The summed E-state index contributed by atoms with van der Waals surface area (Å²) in [6.07, 6.45) is 5.69. The van der Waals surface area contributed by atoms with Crippen LogP contribution >= 0.6 is 0 Å². The fourth-order valence-electron chi connectivity index (χ4n) is 4.31. The summed E-state index contributed by atoms with van der Waals surface area (Å²) in [6, 6.07) is 18.0. The van der Waals surface area contributed by atoms with Crippen molar-refractivity contribution in [3.05, 3.63) is 84.2 Å². The van der Waals surface area contributed by atoms with E-state index in [4.69, 9.17) is 9.84 Å². The smallest absolute Gasteiger partial charge is 0.328 e. The average Bonchev–Trinajstić information content (AvgIpc) is 2.96. The molecule has 0 saturated carbocycles. The summed E-state index contributed by atoms with van der Waals surface area (Å²) in [5, 5.41) is 12.0. The van der Waals surface area contributed by atoms with Gasteiger partial charge in [-0.2, -0.15) is 0 Å². The number of aromatic nitrogens is 1. The van der Waals surface area contributed by atoms with Gasteiger partial charge in [0, 0.05) is 58.2 Å². The number of amides is 2. The Kier molecular flexibility index (Phi) is 9.66. The number of nitrogens with zero attached hydrogens (tertiary/aromatic N) is 4. The number of rotatable bonds is 10. The Bertz CT molecular complexity index is 1270. The van der Waals surface area contributed by atoms with Gasteiger partial charge >= 0.3 is 12.0 Å². The molecule has 0 aliphatic carbocycles. The van der Waals surface area contributed by atoms with E-state index in [9.17, 15) is 9.59 Å². The number of benzene rings is 2. The summed E-state index contributed by atoms with van der Waals surface area (Å²) >= 11 is 0. The lowest BCUT2D eigenvalue weighted by molar-refractivity contribution is -0.131. The fraction of sp³-hybridized carbons (Fsp3) is 0.300. The van der Waals surface area contributed by atoms with E-state index >= 15 is 0 Å². The topological polar surface area (TPSA) is 98.2 Å². The molecule has 0 spiro atoms. The minimum Gasteiger partial charge on any atom is -0.478 e. The first-order valence-electron chi connectivity index (χ1n) is 13.0. The van der Waals surface area contributed by atoms with Gasteiger partial charge in [0.25, 0.3) is 0 Å². The molecule has 4 rings (SSSR count). The number of hydrogen-bond donors (Lipinski definition) is 2. The molecule has 1 aliphatic heterocycles. The van der Waals surface area contributed by atoms with Gasteiger partial charge in [-0.15, -0.1) is 0 Å². The number of carboxylic acid groups (broad SMARTS) is 1. The van der Waals surface area contributed by atoms with Crippen molar-refractivity contribution in [2.75, 3.05) is 63.3 Å². The van der Waals surface area contributed by atoms with Crippen LogP contribution in [0.15, 0.2) is 73.1 Å². The van der Waals surface area contributed by atoms with Crippen LogP contribution in [0.4, 0.5) is 16.2 Å². The van der Waals surface area contributed by atoms with Crippen LogP contribution < -0.4 is 15.1 Å². The maximum atomic E-state index is 13.4. The predicted molar refractivity (Wildman–Crippen MR) is 154 cm³/mol. The summed E-state index contributed by atoms with van der Waals surface area (Å²) in [5.74, 6) is -1.05. The Morgan fingerprint density at radius 1 is 1.00 bits per heavy atom. The number of carbonyl (C=O) groups is 2. The van der Waals surface area contributed by atoms with Crippen molar-refractivity contribution in [3.63, 3.8) is 0 Å². The van der Waals surface area contributed by atoms with Crippen LogP contribution in [0.2, 0.25) is 0 Å². The number of carbonyl (C=O) groups excluding carboxylic acids is 1. The Morgan fingerprint density at radius 2 is 1.67 bits per heavy atom. The molecule has 1 saturated heterocycles. The molecule has 1 aliphatic rings. The molecule has 9 heteroatoms. The number of hydrogen-bond acceptors (Lipinski definition) is 6. The molecule has 1 fully saturated rings. The molecular formula is C30H35N5O4. The summed E-state index contributed by atoms with van der Waals surface area (Å²) in [4.78, 5) is 34.5. The van der Waals surface area contributed by atoms with Crippen LogP contribution in [0.25, 0.3) is 17.2 Å². The molecule has 0 atom stereocenters. The van der Waals surface area contributed by atoms with Gasteiger partial charge in [0.2, 0.25) is 0 Å². The number of nitrogens with one attached hydrogen (secondary N) is 1. The second-order valence-electron chi connectivity index (χ2n) is 9.56. The normalized spacial score (nSPS) is 13.8. The van der Waals surface area contributed by atoms with Gasteiger partial charge < -0.3 is 20.1 Å². The van der Waals surface area contributed by atoms with Crippen molar-refractivity contribution in [1.29, 1.82) is 0 Å². The highest BCUT2D eigenvalue weighted by Crippen LogP contribution is 2.24. The Balaban J connectivity index is 1.50.